The first-order valence-corrected chi connectivity index (χ1v) is 43.1. The summed E-state index contributed by atoms with van der Waals surface area (Å²) in [6, 6.07) is 0. The van der Waals surface area contributed by atoms with E-state index in [1.165, 1.54) is 57.8 Å². The van der Waals surface area contributed by atoms with Crippen LogP contribution in [0.2, 0.25) is 0 Å². The Balaban J connectivity index is 5.39. The van der Waals surface area contributed by atoms with Crippen LogP contribution >= 0.6 is 15.6 Å². The highest BCUT2D eigenvalue weighted by Gasteiger charge is 2.30. The van der Waals surface area contributed by atoms with Gasteiger partial charge in [0.05, 0.1) is 26.4 Å². The first-order valence-electron chi connectivity index (χ1n) is 40.1. The van der Waals surface area contributed by atoms with E-state index < -0.39 is 97.5 Å². The van der Waals surface area contributed by atoms with Gasteiger partial charge >= 0.3 is 39.5 Å². The molecule has 0 saturated heterocycles. The first kappa shape index (κ1) is 98.9. The maximum Gasteiger partial charge on any atom is 0.472 e. The number of aliphatic hydroxyl groups excluding tert-OH is 1. The molecule has 0 aliphatic rings. The van der Waals surface area contributed by atoms with Gasteiger partial charge in [-0.3, -0.25) is 37.3 Å². The average Bonchev–Trinajstić information content (AvgIpc) is 0.931. The predicted octanol–water partition coefficient (Wildman–Crippen LogP) is 23.4. The van der Waals surface area contributed by atoms with Crippen LogP contribution < -0.4 is 0 Å². The van der Waals surface area contributed by atoms with Crippen LogP contribution in [0.3, 0.4) is 0 Å². The number of carbonyl (C=O) groups is 4. The van der Waals surface area contributed by atoms with Gasteiger partial charge in [0, 0.05) is 25.7 Å². The van der Waals surface area contributed by atoms with Crippen molar-refractivity contribution in [3.63, 3.8) is 0 Å². The fourth-order valence-corrected chi connectivity index (χ4v) is 11.8. The van der Waals surface area contributed by atoms with Crippen LogP contribution in [-0.2, 0) is 65.4 Å². The summed E-state index contributed by atoms with van der Waals surface area (Å²) in [5.41, 5.74) is 0. The number of unbranched alkanes of at least 4 members (excludes halogenated alkanes) is 24. The predicted molar refractivity (Wildman–Crippen MR) is 427 cm³/mol. The van der Waals surface area contributed by atoms with E-state index in [9.17, 15) is 43.2 Å². The maximum absolute atomic E-state index is 13.1. The lowest BCUT2D eigenvalue weighted by Gasteiger charge is -2.21. The molecule has 0 rings (SSSR count). The molecule has 5 unspecified atom stereocenters. The molecule has 5 atom stereocenters. The van der Waals surface area contributed by atoms with E-state index in [4.69, 9.17) is 37.0 Å². The molecule has 0 aromatic rings. The molecule has 0 radical (unpaired) electrons. The first-order chi connectivity index (χ1) is 50.7. The second kappa shape index (κ2) is 76.1. The summed E-state index contributed by atoms with van der Waals surface area (Å²) in [6.07, 6.45) is 86.9. The van der Waals surface area contributed by atoms with Crippen molar-refractivity contribution >= 4 is 39.5 Å². The van der Waals surface area contributed by atoms with Crippen LogP contribution in [0.25, 0.3) is 0 Å². The zero-order valence-corrected chi connectivity index (χ0v) is 66.7. The van der Waals surface area contributed by atoms with Crippen LogP contribution in [0.15, 0.2) is 146 Å². The minimum atomic E-state index is -5.00. The highest BCUT2D eigenvalue weighted by atomic mass is 31.2. The van der Waals surface area contributed by atoms with Crippen molar-refractivity contribution in [2.24, 2.45) is 0 Å². The van der Waals surface area contributed by atoms with Gasteiger partial charge in [0.1, 0.15) is 19.3 Å². The van der Waals surface area contributed by atoms with E-state index in [-0.39, 0.29) is 25.7 Å². The van der Waals surface area contributed by atoms with E-state index in [0.717, 1.165) is 167 Å². The zero-order chi connectivity index (χ0) is 76.0. The fourth-order valence-electron chi connectivity index (χ4n) is 10.2. The quantitative estimate of drug-likeness (QED) is 0.0169. The van der Waals surface area contributed by atoms with E-state index >= 15 is 0 Å². The van der Waals surface area contributed by atoms with Crippen molar-refractivity contribution in [1.82, 2.24) is 0 Å². The Hall–Kier alpha value is -5.06. The Morgan fingerprint density at radius 3 is 0.817 bits per heavy atom. The SMILES string of the molecule is CC/C=C\C/C=C\C/C=C\C/C=C\C/C=C\CCCCCC(=O)OCC(COP(=O)(O)OCC(O)COP(=O)(O)OCC(COC(=O)CCCCCCCC/C=C\C/C=C\C/C=C\CCCCC)OC(=O)CCCC/C=C\C/C=C\C/C=C\C/C=C\CC)OC(=O)CCCCCCCCCCCCC. The van der Waals surface area contributed by atoms with Crippen LogP contribution in [0.1, 0.15) is 310 Å². The average molecular weight is 1500 g/mol. The lowest BCUT2D eigenvalue weighted by molar-refractivity contribution is -0.161. The van der Waals surface area contributed by atoms with E-state index in [1.54, 1.807) is 0 Å². The highest BCUT2D eigenvalue weighted by Crippen LogP contribution is 2.45. The summed E-state index contributed by atoms with van der Waals surface area (Å²) in [7, 11) is -9.99. The van der Waals surface area contributed by atoms with Gasteiger partial charge in [0.15, 0.2) is 12.2 Å². The number of phosphoric acid groups is 2. The smallest absolute Gasteiger partial charge is 0.462 e. The molecule has 0 spiro atoms. The second-order valence-corrected chi connectivity index (χ2v) is 29.2. The standard InChI is InChI=1S/C85H142O17P2/c1-5-9-13-17-21-25-29-32-35-37-39-41-44-46-50-53-57-61-65-69-82(87)95-75-80(101-84(89)71-67-63-59-55-49-28-24-20-16-12-8-4)77-99-103(91,92)97-73-79(86)74-98-104(93,94)100-78-81(102-85(90)72-68-64-60-56-52-48-43-34-31-27-23-19-15-11-7-3)76-96-83(88)70-66-62-58-54-51-47-45-42-40-38-36-33-30-26-22-18-14-10-6-2/h9,11,13,15,21-23,25-27,32-36,39-43,46,50,52,56,79-81,86H,5-8,10,12,14,16-20,24,28-31,37-38,44-45,47-49,51,53-55,57-78H2,1-4H3,(H,91,92)(H,93,94)/b13-9-,15-11-,25-21-,26-22-,27-23-,35-32-,36-33-,41-39-,42-40-,43-34-,50-46-,56-52-. The molecule has 17 nitrogen and oxygen atoms in total. The lowest BCUT2D eigenvalue weighted by Crippen LogP contribution is -2.30. The van der Waals surface area contributed by atoms with Crippen LogP contribution in [0.5, 0.6) is 0 Å². The Labute approximate surface area is 630 Å². The number of hydrogen-bond donors (Lipinski definition) is 3. The zero-order valence-electron chi connectivity index (χ0n) is 64.9. The molecule has 0 aliphatic heterocycles. The normalized spacial score (nSPS) is 14.6. The van der Waals surface area contributed by atoms with Crippen molar-refractivity contribution < 1.29 is 80.2 Å². The Bertz CT molecular complexity index is 2540. The molecule has 0 saturated carbocycles. The maximum atomic E-state index is 13.1. The molecular weight excluding hydrogens is 1350 g/mol. The van der Waals surface area contributed by atoms with Gasteiger partial charge in [0.25, 0.3) is 0 Å². The molecule has 0 aliphatic carbocycles. The summed E-state index contributed by atoms with van der Waals surface area (Å²) in [5, 5.41) is 10.6. The number of esters is 4. The summed E-state index contributed by atoms with van der Waals surface area (Å²) < 4.78 is 68.5. The molecular formula is C85H142O17P2. The number of aliphatic hydroxyl groups is 1. The van der Waals surface area contributed by atoms with Crippen LogP contribution in [-0.4, -0.2) is 96.7 Å². The van der Waals surface area contributed by atoms with Crippen molar-refractivity contribution in [1.29, 1.82) is 0 Å². The fraction of sp³-hybridized carbons (Fsp3) is 0.671. The lowest BCUT2D eigenvalue weighted by atomic mass is 10.1. The van der Waals surface area contributed by atoms with Crippen molar-refractivity contribution in [3.05, 3.63) is 146 Å². The molecule has 0 amide bonds. The third kappa shape index (κ3) is 75.2. The third-order valence-electron chi connectivity index (χ3n) is 16.3. The van der Waals surface area contributed by atoms with Crippen LogP contribution in [0.4, 0.5) is 0 Å². The van der Waals surface area contributed by atoms with Gasteiger partial charge in [-0.2, -0.15) is 0 Å². The molecule has 0 heterocycles. The molecule has 19 heteroatoms. The van der Waals surface area contributed by atoms with Crippen LogP contribution in [0, 0.1) is 0 Å². The monoisotopic (exact) mass is 1500 g/mol. The number of carbonyl (C=O) groups excluding carboxylic acids is 4. The second-order valence-electron chi connectivity index (χ2n) is 26.2. The van der Waals surface area contributed by atoms with Crippen molar-refractivity contribution in [2.45, 2.75) is 329 Å². The molecule has 0 bridgehead atoms. The Morgan fingerprint density at radius 1 is 0.279 bits per heavy atom. The largest absolute Gasteiger partial charge is 0.472 e. The van der Waals surface area contributed by atoms with Gasteiger partial charge in [-0.25, -0.2) is 9.13 Å². The molecule has 0 aromatic carbocycles. The summed E-state index contributed by atoms with van der Waals surface area (Å²) in [6.45, 7) is 4.51. The van der Waals surface area contributed by atoms with Crippen molar-refractivity contribution in [2.75, 3.05) is 39.6 Å². The number of rotatable bonds is 74. The summed E-state index contributed by atoms with van der Waals surface area (Å²) in [4.78, 5) is 73.0. The molecule has 0 aromatic heterocycles. The van der Waals surface area contributed by atoms with Crippen molar-refractivity contribution in [3.8, 4) is 0 Å². The molecule has 0 fully saturated rings. The molecule has 104 heavy (non-hydrogen) atoms. The summed E-state index contributed by atoms with van der Waals surface area (Å²) >= 11 is 0. The Kier molecular flexibility index (Phi) is 72.4. The number of hydrogen-bond acceptors (Lipinski definition) is 15. The molecule has 594 valence electrons. The minimum absolute atomic E-state index is 0.0356. The van der Waals surface area contributed by atoms with E-state index in [1.807, 2.05) is 0 Å². The van der Waals surface area contributed by atoms with Gasteiger partial charge in [-0.15, -0.1) is 0 Å². The highest BCUT2D eigenvalue weighted by molar-refractivity contribution is 7.47. The minimum Gasteiger partial charge on any atom is -0.462 e. The topological polar surface area (TPSA) is 237 Å². The van der Waals surface area contributed by atoms with Gasteiger partial charge in [0.2, 0.25) is 0 Å². The van der Waals surface area contributed by atoms with Gasteiger partial charge in [-0.05, 0) is 148 Å². The third-order valence-corrected chi connectivity index (χ3v) is 18.2. The number of phosphoric ester groups is 2. The molecule has 3 N–H and O–H groups in total. The van der Waals surface area contributed by atoms with E-state index in [2.05, 4.69) is 174 Å². The van der Waals surface area contributed by atoms with Gasteiger partial charge < -0.3 is 33.8 Å². The van der Waals surface area contributed by atoms with Gasteiger partial charge in [-0.1, -0.05) is 283 Å². The Morgan fingerprint density at radius 2 is 0.500 bits per heavy atom. The van der Waals surface area contributed by atoms with E-state index in [0.29, 0.717) is 32.1 Å². The number of allylic oxidation sites excluding steroid dienone is 24. The summed E-state index contributed by atoms with van der Waals surface area (Å²) in [5.74, 6) is -2.27. The number of ether oxygens (including phenoxy) is 4.